The number of Topliss-reactive ketones (excluding diaryl/α,β-unsaturated/α-hetero) is 1. The first-order valence-corrected chi connectivity index (χ1v) is 18.5. The van der Waals surface area contributed by atoms with Gasteiger partial charge in [0.25, 0.3) is 0 Å². The van der Waals surface area contributed by atoms with Gasteiger partial charge in [-0.1, -0.05) is 84.0 Å². The number of cyclic esters (lactones) is 1. The number of ketones is 1. The average Bonchev–Trinajstić information content (AvgIpc) is 3.76. The van der Waals surface area contributed by atoms with Crippen LogP contribution in [0, 0.1) is 0 Å². The quantitative estimate of drug-likeness (QED) is 0.0786. The first kappa shape index (κ1) is 37.2. The molecule has 0 aromatic rings. The summed E-state index contributed by atoms with van der Waals surface area (Å²) in [6.45, 7) is 4.13. The lowest BCUT2D eigenvalue weighted by molar-refractivity contribution is -0.139. The number of unbranched alkanes of at least 4 members (excludes halogenated alkanes) is 12. The molecule has 7 atom stereocenters. The molecule has 0 aromatic heterocycles. The first-order valence-electron chi connectivity index (χ1n) is 18.5. The number of carbonyl (C=O) groups is 2. The van der Waals surface area contributed by atoms with E-state index >= 15 is 0 Å². The Bertz CT molecular complexity index is 842. The molecule has 0 unspecified atom stereocenters. The molecule has 2 saturated heterocycles. The van der Waals surface area contributed by atoms with Gasteiger partial charge in [-0.3, -0.25) is 4.79 Å². The molecule has 254 valence electrons. The number of aliphatic hydroxyl groups is 2. The zero-order valence-electron chi connectivity index (χ0n) is 28.0. The minimum Gasteiger partial charge on any atom is -0.455 e. The molecule has 0 saturated carbocycles. The molecule has 2 N–H and O–H groups in total. The lowest BCUT2D eigenvalue weighted by Crippen LogP contribution is -2.33. The summed E-state index contributed by atoms with van der Waals surface area (Å²) < 4.78 is 17.6. The predicted octanol–water partition coefficient (Wildman–Crippen LogP) is 8.07. The summed E-state index contributed by atoms with van der Waals surface area (Å²) in [5, 5.41) is 21.4. The van der Waals surface area contributed by atoms with Gasteiger partial charge in [0.05, 0.1) is 36.6 Å². The fraction of sp³-hybridized carbons (Fsp3) is 0.892. The largest absolute Gasteiger partial charge is 0.455 e. The highest BCUT2D eigenvalue weighted by molar-refractivity contribution is 5.90. The number of ether oxygens (including phenoxy) is 3. The van der Waals surface area contributed by atoms with Gasteiger partial charge in [-0.25, -0.2) is 4.79 Å². The molecular weight excluding hydrogens is 556 g/mol. The van der Waals surface area contributed by atoms with Crippen LogP contribution in [-0.4, -0.2) is 64.7 Å². The summed E-state index contributed by atoms with van der Waals surface area (Å²) in [4.78, 5) is 23.9. The molecule has 3 heterocycles. The Morgan fingerprint density at radius 1 is 0.727 bits per heavy atom. The van der Waals surface area contributed by atoms with Crippen LogP contribution in [0.15, 0.2) is 11.6 Å². The molecule has 2 fully saturated rings. The van der Waals surface area contributed by atoms with Gasteiger partial charge >= 0.3 is 5.97 Å². The molecule has 0 aromatic carbocycles. The van der Waals surface area contributed by atoms with E-state index in [9.17, 15) is 19.8 Å². The second-order valence-corrected chi connectivity index (χ2v) is 13.8. The zero-order chi connectivity index (χ0) is 31.6. The van der Waals surface area contributed by atoms with E-state index < -0.39 is 6.10 Å². The number of carbonyl (C=O) groups excluding carboxylic acids is 2. The number of esters is 1. The van der Waals surface area contributed by atoms with Crippen molar-refractivity contribution in [1.82, 2.24) is 0 Å². The van der Waals surface area contributed by atoms with Crippen molar-refractivity contribution in [2.75, 3.05) is 0 Å². The number of hydrogen-bond acceptors (Lipinski definition) is 7. The second-order valence-electron chi connectivity index (χ2n) is 13.8. The van der Waals surface area contributed by atoms with Gasteiger partial charge < -0.3 is 24.4 Å². The molecule has 44 heavy (non-hydrogen) atoms. The Kier molecular flexibility index (Phi) is 18.2. The fourth-order valence-corrected chi connectivity index (χ4v) is 7.13. The maximum atomic E-state index is 12.3. The van der Waals surface area contributed by atoms with Crippen LogP contribution in [0.2, 0.25) is 0 Å². The van der Waals surface area contributed by atoms with E-state index in [2.05, 4.69) is 6.92 Å². The minimum absolute atomic E-state index is 0.0107. The third-order valence-electron chi connectivity index (χ3n) is 9.90. The average molecular weight is 621 g/mol. The van der Waals surface area contributed by atoms with Crippen molar-refractivity contribution in [3.8, 4) is 0 Å². The fourth-order valence-electron chi connectivity index (χ4n) is 7.13. The van der Waals surface area contributed by atoms with E-state index in [0.717, 1.165) is 95.5 Å². The molecule has 0 radical (unpaired) electrons. The van der Waals surface area contributed by atoms with Crippen LogP contribution in [0.4, 0.5) is 0 Å². The molecule has 3 aliphatic rings. The molecule has 7 nitrogen and oxygen atoms in total. The van der Waals surface area contributed by atoms with Crippen LogP contribution in [0.3, 0.4) is 0 Å². The van der Waals surface area contributed by atoms with E-state index in [1.54, 1.807) is 0 Å². The van der Waals surface area contributed by atoms with Crippen LogP contribution in [0.5, 0.6) is 0 Å². The molecule has 0 bridgehead atoms. The van der Waals surface area contributed by atoms with E-state index in [1.165, 1.54) is 44.9 Å². The van der Waals surface area contributed by atoms with Gasteiger partial charge in [0, 0.05) is 18.4 Å². The lowest BCUT2D eigenvalue weighted by atomic mass is 10.00. The highest BCUT2D eigenvalue weighted by Crippen LogP contribution is 2.34. The van der Waals surface area contributed by atoms with Gasteiger partial charge in [-0.2, -0.15) is 0 Å². The SMILES string of the molecule is CCCCCCCCCC[C@@H](O)[C@@H]1CC[C@@H]([C@@H]2CC[C@@H]([C@@H](O)CCCCC(=O)CCCCCCCC3=C[C@H](C)OC3=O)O2)O1. The summed E-state index contributed by atoms with van der Waals surface area (Å²) in [5.41, 5.74) is 0.814. The Balaban J connectivity index is 1.15. The summed E-state index contributed by atoms with van der Waals surface area (Å²) in [6, 6.07) is 0. The van der Waals surface area contributed by atoms with E-state index in [4.69, 9.17) is 14.2 Å². The monoisotopic (exact) mass is 620 g/mol. The number of aliphatic hydroxyl groups excluding tert-OH is 2. The van der Waals surface area contributed by atoms with Gasteiger partial charge in [-0.15, -0.1) is 0 Å². The molecule has 3 rings (SSSR count). The zero-order valence-corrected chi connectivity index (χ0v) is 28.0. The molecule has 0 spiro atoms. The second kappa shape index (κ2) is 21.5. The summed E-state index contributed by atoms with van der Waals surface area (Å²) >= 11 is 0. The van der Waals surface area contributed by atoms with Crippen molar-refractivity contribution in [2.24, 2.45) is 0 Å². The number of hydrogen-bond donors (Lipinski definition) is 2. The topological polar surface area (TPSA) is 102 Å². The van der Waals surface area contributed by atoms with Crippen molar-refractivity contribution >= 4 is 11.8 Å². The third kappa shape index (κ3) is 14.0. The van der Waals surface area contributed by atoms with E-state index in [-0.39, 0.29) is 42.6 Å². The normalized spacial score (nSPS) is 26.6. The third-order valence-corrected chi connectivity index (χ3v) is 9.90. The Morgan fingerprint density at radius 3 is 1.75 bits per heavy atom. The van der Waals surface area contributed by atoms with Gasteiger partial charge in [-0.05, 0) is 77.2 Å². The summed E-state index contributed by atoms with van der Waals surface area (Å²) in [5.74, 6) is 0.158. The maximum Gasteiger partial charge on any atom is 0.334 e. The van der Waals surface area contributed by atoms with E-state index in [0.29, 0.717) is 25.0 Å². The van der Waals surface area contributed by atoms with Crippen LogP contribution in [-0.2, 0) is 23.8 Å². The van der Waals surface area contributed by atoms with Crippen LogP contribution in [0.1, 0.15) is 168 Å². The minimum atomic E-state index is -0.495. The van der Waals surface area contributed by atoms with Crippen LogP contribution in [0.25, 0.3) is 0 Å². The molecule has 3 aliphatic heterocycles. The first-order chi connectivity index (χ1) is 21.4. The molecule has 0 aliphatic carbocycles. The van der Waals surface area contributed by atoms with Gasteiger partial charge in [0.1, 0.15) is 11.9 Å². The summed E-state index contributed by atoms with van der Waals surface area (Å²) in [7, 11) is 0. The smallest absolute Gasteiger partial charge is 0.334 e. The van der Waals surface area contributed by atoms with Gasteiger partial charge in [0.15, 0.2) is 0 Å². The standard InChI is InChI=1S/C37H64O7/c1-3-4-5-6-7-8-12-15-21-31(39)33-23-25-35(43-33)36-26-24-34(44-36)32(40)22-17-16-20-30(38)19-14-11-9-10-13-18-29-27-28(2)42-37(29)41/h27-28,31-36,39-40H,3-26H2,1-2H3/t28-,31+,32-,33-,34-,35-,36-/m0/s1. The van der Waals surface area contributed by atoms with E-state index in [1.807, 2.05) is 13.0 Å². The van der Waals surface area contributed by atoms with Crippen molar-refractivity contribution in [1.29, 1.82) is 0 Å². The number of rotatable bonds is 25. The Labute approximate surface area is 267 Å². The van der Waals surface area contributed by atoms with Crippen LogP contribution >= 0.6 is 0 Å². The highest BCUT2D eigenvalue weighted by atomic mass is 16.6. The molecule has 7 heteroatoms. The molecule has 0 amide bonds. The van der Waals surface area contributed by atoms with Crippen molar-refractivity contribution in [2.45, 2.75) is 211 Å². The Morgan fingerprint density at radius 2 is 1.20 bits per heavy atom. The highest BCUT2D eigenvalue weighted by Gasteiger charge is 2.40. The van der Waals surface area contributed by atoms with Gasteiger partial charge in [0.2, 0.25) is 0 Å². The molecular formula is C37H64O7. The van der Waals surface area contributed by atoms with Crippen molar-refractivity contribution in [3.63, 3.8) is 0 Å². The maximum absolute atomic E-state index is 12.3. The lowest BCUT2D eigenvalue weighted by Gasteiger charge is -2.24. The Hall–Kier alpha value is -1.28. The summed E-state index contributed by atoms with van der Waals surface area (Å²) in [6.07, 6.45) is 24.8. The van der Waals surface area contributed by atoms with Crippen molar-refractivity contribution in [3.05, 3.63) is 11.6 Å². The van der Waals surface area contributed by atoms with Crippen LogP contribution < -0.4 is 0 Å². The predicted molar refractivity (Wildman–Crippen MR) is 174 cm³/mol. The van der Waals surface area contributed by atoms with Crippen molar-refractivity contribution < 1.29 is 34.0 Å².